The predicted octanol–water partition coefficient (Wildman–Crippen LogP) is 3.83. The highest BCUT2D eigenvalue weighted by Crippen LogP contribution is 2.36. The molecular weight excluding hydrogens is 332 g/mol. The van der Waals surface area contributed by atoms with Gasteiger partial charge in [-0.1, -0.05) is 30.3 Å². The second-order valence-electron chi connectivity index (χ2n) is 6.98. The molecule has 1 saturated heterocycles. The standard InChI is InChI=1S/C20H22N2O4/c1-14-20(2,3)26-12-11-21(14)17-10-9-16(13-18(17)22(24)25)19(23)15-7-5-4-6-8-15/h4-10,13-14H,11-12H2,1-3H3. The first-order valence-electron chi connectivity index (χ1n) is 8.60. The Labute approximate surface area is 152 Å². The molecule has 0 aliphatic carbocycles. The Morgan fingerprint density at radius 2 is 1.88 bits per heavy atom. The van der Waals surface area contributed by atoms with Crippen LogP contribution in [0.25, 0.3) is 0 Å². The third-order valence-corrected chi connectivity index (χ3v) is 5.06. The van der Waals surface area contributed by atoms with E-state index in [9.17, 15) is 14.9 Å². The Balaban J connectivity index is 2.00. The third kappa shape index (κ3) is 3.32. The lowest BCUT2D eigenvalue weighted by molar-refractivity contribution is -0.384. The van der Waals surface area contributed by atoms with Gasteiger partial charge in [-0.25, -0.2) is 0 Å². The lowest BCUT2D eigenvalue weighted by Gasteiger charge is -2.45. The number of morpholine rings is 1. The van der Waals surface area contributed by atoms with Crippen LogP contribution in [0.1, 0.15) is 36.7 Å². The number of rotatable bonds is 4. The maximum Gasteiger partial charge on any atom is 0.293 e. The van der Waals surface area contributed by atoms with Crippen LogP contribution in [0.3, 0.4) is 0 Å². The molecule has 0 radical (unpaired) electrons. The quantitative estimate of drug-likeness (QED) is 0.474. The van der Waals surface area contributed by atoms with Gasteiger partial charge >= 0.3 is 0 Å². The number of ketones is 1. The molecule has 0 aromatic heterocycles. The highest BCUT2D eigenvalue weighted by molar-refractivity contribution is 6.09. The Kier molecular flexibility index (Phi) is 4.78. The van der Waals surface area contributed by atoms with Gasteiger partial charge in [0, 0.05) is 23.7 Å². The molecular formula is C20H22N2O4. The molecule has 136 valence electrons. The van der Waals surface area contributed by atoms with E-state index in [1.54, 1.807) is 36.4 Å². The highest BCUT2D eigenvalue weighted by atomic mass is 16.6. The molecule has 0 N–H and O–H groups in total. The molecule has 1 fully saturated rings. The summed E-state index contributed by atoms with van der Waals surface area (Å²) in [5.74, 6) is -0.226. The van der Waals surface area contributed by atoms with Crippen LogP contribution in [0.5, 0.6) is 0 Å². The van der Waals surface area contributed by atoms with Gasteiger partial charge in [-0.3, -0.25) is 14.9 Å². The Hall–Kier alpha value is -2.73. The molecule has 0 spiro atoms. The van der Waals surface area contributed by atoms with Crippen molar-refractivity contribution in [1.29, 1.82) is 0 Å². The number of carbonyl (C=O) groups is 1. The Bertz CT molecular complexity index is 833. The van der Waals surface area contributed by atoms with Gasteiger partial charge in [0.15, 0.2) is 5.78 Å². The predicted molar refractivity (Wildman–Crippen MR) is 99.8 cm³/mol. The fraction of sp³-hybridized carbons (Fsp3) is 0.350. The molecule has 1 aliphatic heterocycles. The fourth-order valence-electron chi connectivity index (χ4n) is 3.24. The minimum atomic E-state index is -0.424. The van der Waals surface area contributed by atoms with Gasteiger partial charge in [-0.05, 0) is 32.9 Å². The van der Waals surface area contributed by atoms with Crippen LogP contribution < -0.4 is 4.90 Å². The van der Waals surface area contributed by atoms with Crippen molar-refractivity contribution in [3.8, 4) is 0 Å². The summed E-state index contributed by atoms with van der Waals surface area (Å²) in [6.07, 6.45) is 0. The normalized spacial score (nSPS) is 19.2. The first kappa shape index (κ1) is 18.1. The zero-order valence-electron chi connectivity index (χ0n) is 15.1. The van der Waals surface area contributed by atoms with E-state index >= 15 is 0 Å². The zero-order chi connectivity index (χ0) is 18.9. The van der Waals surface area contributed by atoms with Crippen LogP contribution in [0, 0.1) is 10.1 Å². The van der Waals surface area contributed by atoms with E-state index < -0.39 is 10.5 Å². The minimum absolute atomic E-state index is 0.0365. The number of ether oxygens (including phenoxy) is 1. The number of nitrogens with zero attached hydrogens (tertiary/aromatic N) is 2. The molecule has 6 nitrogen and oxygen atoms in total. The van der Waals surface area contributed by atoms with Gasteiger partial charge in [0.05, 0.1) is 23.2 Å². The second kappa shape index (κ2) is 6.88. The monoisotopic (exact) mass is 354 g/mol. The van der Waals surface area contributed by atoms with Crippen LogP contribution in [-0.2, 0) is 4.74 Å². The molecule has 1 atom stereocenters. The maximum absolute atomic E-state index is 12.6. The largest absolute Gasteiger partial charge is 0.372 e. The fourth-order valence-corrected chi connectivity index (χ4v) is 3.24. The summed E-state index contributed by atoms with van der Waals surface area (Å²) in [6, 6.07) is 13.4. The van der Waals surface area contributed by atoms with E-state index in [0.29, 0.717) is 30.0 Å². The van der Waals surface area contributed by atoms with E-state index in [0.717, 1.165) is 0 Å². The molecule has 1 aliphatic rings. The zero-order valence-corrected chi connectivity index (χ0v) is 15.1. The van der Waals surface area contributed by atoms with Crippen molar-refractivity contribution < 1.29 is 14.5 Å². The molecule has 0 bridgehead atoms. The lowest BCUT2D eigenvalue weighted by atomic mass is 9.95. The molecule has 1 unspecified atom stereocenters. The molecule has 26 heavy (non-hydrogen) atoms. The van der Waals surface area contributed by atoms with Crippen molar-refractivity contribution in [2.75, 3.05) is 18.1 Å². The SMILES string of the molecule is CC1N(c2ccc(C(=O)c3ccccc3)cc2[N+](=O)[O-])CCOC1(C)C. The minimum Gasteiger partial charge on any atom is -0.372 e. The second-order valence-corrected chi connectivity index (χ2v) is 6.98. The number of hydrogen-bond acceptors (Lipinski definition) is 5. The Morgan fingerprint density at radius 3 is 2.54 bits per heavy atom. The van der Waals surface area contributed by atoms with Gasteiger partial charge in [-0.2, -0.15) is 0 Å². The number of nitro groups is 1. The van der Waals surface area contributed by atoms with E-state index in [1.165, 1.54) is 6.07 Å². The molecule has 6 heteroatoms. The molecule has 1 heterocycles. The van der Waals surface area contributed by atoms with Gasteiger partial charge in [0.2, 0.25) is 0 Å². The summed E-state index contributed by atoms with van der Waals surface area (Å²) in [6.45, 7) is 7.01. The average molecular weight is 354 g/mol. The number of carbonyl (C=O) groups excluding carboxylic acids is 1. The van der Waals surface area contributed by atoms with E-state index in [2.05, 4.69) is 0 Å². The summed E-state index contributed by atoms with van der Waals surface area (Å²) in [7, 11) is 0. The molecule has 2 aromatic rings. The van der Waals surface area contributed by atoms with Gasteiger partial charge in [0.25, 0.3) is 5.69 Å². The van der Waals surface area contributed by atoms with Crippen LogP contribution >= 0.6 is 0 Å². The van der Waals surface area contributed by atoms with E-state index in [-0.39, 0.29) is 17.5 Å². The summed E-state index contributed by atoms with van der Waals surface area (Å²) in [5.41, 5.74) is 0.868. The van der Waals surface area contributed by atoms with Crippen LogP contribution in [0.2, 0.25) is 0 Å². The third-order valence-electron chi connectivity index (χ3n) is 5.06. The summed E-state index contributed by atoms with van der Waals surface area (Å²) < 4.78 is 5.78. The number of anilines is 1. The van der Waals surface area contributed by atoms with Crippen molar-refractivity contribution in [1.82, 2.24) is 0 Å². The summed E-state index contributed by atoms with van der Waals surface area (Å²) >= 11 is 0. The van der Waals surface area contributed by atoms with Crippen LogP contribution in [-0.4, -0.2) is 35.5 Å². The molecule has 3 rings (SSSR count). The highest BCUT2D eigenvalue weighted by Gasteiger charge is 2.38. The van der Waals surface area contributed by atoms with E-state index in [4.69, 9.17) is 4.74 Å². The van der Waals surface area contributed by atoms with Gasteiger partial charge in [-0.15, -0.1) is 0 Å². The number of hydrogen-bond donors (Lipinski definition) is 0. The summed E-state index contributed by atoms with van der Waals surface area (Å²) in [5, 5.41) is 11.7. The van der Waals surface area contributed by atoms with Gasteiger partial charge in [0.1, 0.15) is 5.69 Å². The smallest absolute Gasteiger partial charge is 0.293 e. The summed E-state index contributed by atoms with van der Waals surface area (Å²) in [4.78, 5) is 25.9. The van der Waals surface area contributed by atoms with E-state index in [1.807, 2.05) is 31.7 Å². The van der Waals surface area contributed by atoms with Crippen molar-refractivity contribution in [3.05, 3.63) is 69.8 Å². The topological polar surface area (TPSA) is 72.7 Å². The first-order chi connectivity index (χ1) is 12.3. The van der Waals surface area contributed by atoms with Crippen LogP contribution in [0.15, 0.2) is 48.5 Å². The van der Waals surface area contributed by atoms with Crippen molar-refractivity contribution >= 4 is 17.2 Å². The number of nitro benzene ring substituents is 1. The molecule has 0 saturated carbocycles. The lowest BCUT2D eigenvalue weighted by Crippen LogP contribution is -2.55. The number of benzene rings is 2. The van der Waals surface area contributed by atoms with Crippen molar-refractivity contribution in [2.24, 2.45) is 0 Å². The van der Waals surface area contributed by atoms with Crippen LogP contribution in [0.4, 0.5) is 11.4 Å². The van der Waals surface area contributed by atoms with Gasteiger partial charge < -0.3 is 9.64 Å². The average Bonchev–Trinajstić information content (AvgIpc) is 2.63. The van der Waals surface area contributed by atoms with Crippen molar-refractivity contribution in [2.45, 2.75) is 32.4 Å². The molecule has 2 aromatic carbocycles. The van der Waals surface area contributed by atoms with Crippen molar-refractivity contribution in [3.63, 3.8) is 0 Å². The maximum atomic E-state index is 12.6. The Morgan fingerprint density at radius 1 is 1.19 bits per heavy atom. The molecule has 0 amide bonds. The first-order valence-corrected chi connectivity index (χ1v) is 8.60.